The SMILES string of the molecule is CCc1nn(CC)c(CN2CCC(C)(O)C2)c1Cl. The number of hydrogen-bond acceptors (Lipinski definition) is 3. The number of aliphatic hydroxyl groups is 1. The quantitative estimate of drug-likeness (QED) is 0.912. The molecule has 2 heterocycles. The zero-order valence-electron chi connectivity index (χ0n) is 11.4. The van der Waals surface area contributed by atoms with Gasteiger partial charge in [0.05, 0.1) is 22.0 Å². The van der Waals surface area contributed by atoms with Gasteiger partial charge in [0.1, 0.15) is 0 Å². The lowest BCUT2D eigenvalue weighted by molar-refractivity contribution is 0.0675. The van der Waals surface area contributed by atoms with E-state index < -0.39 is 5.60 Å². The van der Waals surface area contributed by atoms with Crippen LogP contribution in [0.25, 0.3) is 0 Å². The van der Waals surface area contributed by atoms with E-state index in [0.717, 1.165) is 48.9 Å². The Balaban J connectivity index is 2.16. The Labute approximate surface area is 114 Å². The van der Waals surface area contributed by atoms with Crippen molar-refractivity contribution in [2.75, 3.05) is 13.1 Å². The van der Waals surface area contributed by atoms with Gasteiger partial charge in [-0.1, -0.05) is 18.5 Å². The standard InChI is InChI=1S/C13H22ClN3O/c1-4-10-12(14)11(17(5-2)15-10)8-16-7-6-13(3,18)9-16/h18H,4-9H2,1-3H3. The minimum atomic E-state index is -0.558. The Kier molecular flexibility index (Phi) is 3.99. The van der Waals surface area contributed by atoms with E-state index in [-0.39, 0.29) is 0 Å². The summed E-state index contributed by atoms with van der Waals surface area (Å²) in [5, 5.41) is 15.3. The molecule has 0 aromatic carbocycles. The molecule has 1 aromatic rings. The van der Waals surface area contributed by atoms with Crippen molar-refractivity contribution < 1.29 is 5.11 Å². The summed E-state index contributed by atoms with van der Waals surface area (Å²) in [5.74, 6) is 0. The molecule has 1 N–H and O–H groups in total. The lowest BCUT2D eigenvalue weighted by Crippen LogP contribution is -2.30. The van der Waals surface area contributed by atoms with Gasteiger partial charge in [-0.25, -0.2) is 0 Å². The molecule has 4 nitrogen and oxygen atoms in total. The van der Waals surface area contributed by atoms with E-state index in [1.54, 1.807) is 0 Å². The molecule has 1 aromatic heterocycles. The Bertz CT molecular complexity index is 428. The Morgan fingerprint density at radius 2 is 2.17 bits per heavy atom. The van der Waals surface area contributed by atoms with Gasteiger partial charge in [0.15, 0.2) is 0 Å². The molecule has 5 heteroatoms. The molecule has 2 rings (SSSR count). The van der Waals surface area contributed by atoms with Gasteiger partial charge in [0.25, 0.3) is 0 Å². The van der Waals surface area contributed by atoms with Gasteiger partial charge in [-0.2, -0.15) is 5.10 Å². The van der Waals surface area contributed by atoms with Crippen molar-refractivity contribution in [3.63, 3.8) is 0 Å². The van der Waals surface area contributed by atoms with E-state index in [0.29, 0.717) is 6.54 Å². The average molecular weight is 272 g/mol. The van der Waals surface area contributed by atoms with Crippen molar-refractivity contribution in [1.29, 1.82) is 0 Å². The van der Waals surface area contributed by atoms with Crippen LogP contribution in [0.2, 0.25) is 5.02 Å². The predicted octanol–water partition coefficient (Wildman–Crippen LogP) is 2.08. The summed E-state index contributed by atoms with van der Waals surface area (Å²) < 4.78 is 1.98. The molecule has 1 aliphatic rings. The molecule has 0 spiro atoms. The summed E-state index contributed by atoms with van der Waals surface area (Å²) in [5.41, 5.74) is 1.49. The van der Waals surface area contributed by atoms with Gasteiger partial charge in [-0.05, 0) is 26.7 Å². The molecule has 1 unspecified atom stereocenters. The van der Waals surface area contributed by atoms with Gasteiger partial charge >= 0.3 is 0 Å². The van der Waals surface area contributed by atoms with Crippen LogP contribution in [0.1, 0.15) is 38.6 Å². The van der Waals surface area contributed by atoms with Crippen LogP contribution in [-0.2, 0) is 19.5 Å². The normalized spacial score (nSPS) is 24.9. The molecule has 0 radical (unpaired) electrons. The number of likely N-dealkylation sites (tertiary alicyclic amines) is 1. The summed E-state index contributed by atoms with van der Waals surface area (Å²) >= 11 is 6.39. The molecule has 1 aliphatic heterocycles. The fraction of sp³-hybridized carbons (Fsp3) is 0.769. The van der Waals surface area contributed by atoms with Crippen molar-refractivity contribution in [2.24, 2.45) is 0 Å². The Hall–Kier alpha value is -0.580. The third-order valence-electron chi connectivity index (χ3n) is 3.60. The molecule has 0 aliphatic carbocycles. The number of hydrogen-bond donors (Lipinski definition) is 1. The molecule has 0 saturated carbocycles. The highest BCUT2D eigenvalue weighted by atomic mass is 35.5. The lowest BCUT2D eigenvalue weighted by Gasteiger charge is -2.19. The first-order chi connectivity index (χ1) is 8.46. The second kappa shape index (κ2) is 5.19. The maximum absolute atomic E-state index is 9.99. The predicted molar refractivity (Wildman–Crippen MR) is 72.8 cm³/mol. The molecule has 18 heavy (non-hydrogen) atoms. The topological polar surface area (TPSA) is 41.3 Å². The molecular formula is C13H22ClN3O. The van der Waals surface area contributed by atoms with Crippen LogP contribution >= 0.6 is 11.6 Å². The summed E-state index contributed by atoms with van der Waals surface area (Å²) in [7, 11) is 0. The van der Waals surface area contributed by atoms with Crippen LogP contribution in [0.3, 0.4) is 0 Å². The third-order valence-corrected chi connectivity index (χ3v) is 4.03. The number of β-amino-alcohol motifs (C(OH)–C–C–N with tert-alkyl or cyclic N) is 1. The Morgan fingerprint density at radius 3 is 2.67 bits per heavy atom. The monoisotopic (exact) mass is 271 g/mol. The van der Waals surface area contributed by atoms with E-state index in [9.17, 15) is 5.11 Å². The molecule has 0 amide bonds. The molecule has 1 saturated heterocycles. The zero-order valence-corrected chi connectivity index (χ0v) is 12.2. The molecule has 0 bridgehead atoms. The minimum absolute atomic E-state index is 0.558. The van der Waals surface area contributed by atoms with Crippen molar-refractivity contribution >= 4 is 11.6 Å². The second-order valence-corrected chi connectivity index (χ2v) is 5.71. The van der Waals surface area contributed by atoms with Crippen molar-refractivity contribution in [1.82, 2.24) is 14.7 Å². The van der Waals surface area contributed by atoms with Gasteiger partial charge in [-0.3, -0.25) is 9.58 Å². The van der Waals surface area contributed by atoms with Gasteiger partial charge in [0.2, 0.25) is 0 Å². The van der Waals surface area contributed by atoms with Crippen LogP contribution in [0.4, 0.5) is 0 Å². The van der Waals surface area contributed by atoms with E-state index >= 15 is 0 Å². The van der Waals surface area contributed by atoms with E-state index in [2.05, 4.69) is 23.8 Å². The zero-order chi connectivity index (χ0) is 13.3. The van der Waals surface area contributed by atoms with Crippen LogP contribution in [0, 0.1) is 0 Å². The van der Waals surface area contributed by atoms with Crippen molar-refractivity contribution in [3.8, 4) is 0 Å². The van der Waals surface area contributed by atoms with Crippen molar-refractivity contribution in [2.45, 2.75) is 52.3 Å². The van der Waals surface area contributed by atoms with Gasteiger partial charge < -0.3 is 5.11 Å². The second-order valence-electron chi connectivity index (χ2n) is 5.33. The van der Waals surface area contributed by atoms with E-state index in [1.165, 1.54) is 0 Å². The first-order valence-corrected chi connectivity index (χ1v) is 7.03. The highest BCUT2D eigenvalue weighted by molar-refractivity contribution is 6.31. The highest BCUT2D eigenvalue weighted by Gasteiger charge is 2.32. The van der Waals surface area contributed by atoms with Crippen molar-refractivity contribution in [3.05, 3.63) is 16.4 Å². The summed E-state index contributed by atoms with van der Waals surface area (Å²) in [6.07, 6.45) is 1.68. The maximum atomic E-state index is 9.99. The third kappa shape index (κ3) is 2.71. The summed E-state index contributed by atoms with van der Waals surface area (Å²) in [6.45, 7) is 9.27. The number of aromatic nitrogens is 2. The lowest BCUT2D eigenvalue weighted by atomic mass is 10.1. The Morgan fingerprint density at radius 1 is 1.44 bits per heavy atom. The van der Waals surface area contributed by atoms with Gasteiger partial charge in [-0.15, -0.1) is 0 Å². The fourth-order valence-corrected chi connectivity index (χ4v) is 2.88. The molecule has 1 fully saturated rings. The number of rotatable bonds is 4. The fourth-order valence-electron chi connectivity index (χ4n) is 2.55. The number of aryl methyl sites for hydroxylation is 2. The first-order valence-electron chi connectivity index (χ1n) is 6.65. The van der Waals surface area contributed by atoms with Crippen LogP contribution in [-0.4, -0.2) is 38.5 Å². The van der Waals surface area contributed by atoms with Crippen LogP contribution < -0.4 is 0 Å². The van der Waals surface area contributed by atoms with E-state index in [4.69, 9.17) is 11.6 Å². The largest absolute Gasteiger partial charge is 0.389 e. The first kappa shape index (κ1) is 13.8. The highest BCUT2D eigenvalue weighted by Crippen LogP contribution is 2.27. The van der Waals surface area contributed by atoms with E-state index in [1.807, 2.05) is 11.6 Å². The summed E-state index contributed by atoms with van der Waals surface area (Å²) in [6, 6.07) is 0. The van der Waals surface area contributed by atoms with Crippen LogP contribution in [0.15, 0.2) is 0 Å². The number of halogens is 1. The maximum Gasteiger partial charge on any atom is 0.0863 e. The smallest absolute Gasteiger partial charge is 0.0863 e. The molecular weight excluding hydrogens is 250 g/mol. The van der Waals surface area contributed by atoms with Crippen LogP contribution in [0.5, 0.6) is 0 Å². The van der Waals surface area contributed by atoms with Gasteiger partial charge in [0, 0.05) is 26.2 Å². The minimum Gasteiger partial charge on any atom is -0.389 e. The average Bonchev–Trinajstić information content (AvgIpc) is 2.81. The molecule has 102 valence electrons. The number of nitrogens with zero attached hydrogens (tertiary/aromatic N) is 3. The summed E-state index contributed by atoms with van der Waals surface area (Å²) in [4.78, 5) is 2.24. The molecule has 1 atom stereocenters.